The Bertz CT molecular complexity index is 561. The van der Waals surface area contributed by atoms with Gasteiger partial charge < -0.3 is 5.73 Å². The van der Waals surface area contributed by atoms with Crippen LogP contribution in [0.5, 0.6) is 0 Å². The molecule has 1 saturated carbocycles. The van der Waals surface area contributed by atoms with Crippen LogP contribution in [0.1, 0.15) is 19.3 Å². The van der Waals surface area contributed by atoms with Gasteiger partial charge in [-0.25, -0.2) is 4.68 Å². The lowest BCUT2D eigenvalue weighted by molar-refractivity contribution is 0.535. The van der Waals surface area contributed by atoms with Crippen LogP contribution in [0, 0.1) is 5.92 Å². The van der Waals surface area contributed by atoms with E-state index in [9.17, 15) is 0 Å². The zero-order valence-corrected chi connectivity index (χ0v) is 10.6. The SMILES string of the molecule is Nc1cc(Cl)ccc1-c1nnnn1CCC1CC1. The van der Waals surface area contributed by atoms with Crippen molar-refractivity contribution in [1.29, 1.82) is 0 Å². The highest BCUT2D eigenvalue weighted by Gasteiger charge is 2.22. The number of nitrogen functional groups attached to an aromatic ring is 1. The second kappa shape index (κ2) is 4.57. The Kier molecular flexibility index (Phi) is 2.91. The van der Waals surface area contributed by atoms with Crippen molar-refractivity contribution in [3.63, 3.8) is 0 Å². The molecular weight excluding hydrogens is 250 g/mol. The Hall–Kier alpha value is -1.62. The molecule has 18 heavy (non-hydrogen) atoms. The predicted octanol–water partition coefficient (Wildman–Crippen LogP) is 2.38. The lowest BCUT2D eigenvalue weighted by Crippen LogP contribution is -2.05. The van der Waals surface area contributed by atoms with Gasteiger partial charge in [-0.3, -0.25) is 0 Å². The normalized spacial score (nSPS) is 14.9. The number of nitrogens with two attached hydrogens (primary N) is 1. The maximum absolute atomic E-state index is 5.96. The van der Waals surface area contributed by atoms with E-state index >= 15 is 0 Å². The van der Waals surface area contributed by atoms with Crippen LogP contribution < -0.4 is 5.73 Å². The van der Waals surface area contributed by atoms with Gasteiger partial charge in [-0.2, -0.15) is 0 Å². The van der Waals surface area contributed by atoms with Crippen LogP contribution in [-0.4, -0.2) is 20.2 Å². The van der Waals surface area contributed by atoms with Crippen LogP contribution in [0.15, 0.2) is 18.2 Å². The molecule has 1 aliphatic carbocycles. The number of anilines is 1. The molecule has 0 spiro atoms. The van der Waals surface area contributed by atoms with E-state index in [0.29, 0.717) is 16.5 Å². The van der Waals surface area contributed by atoms with E-state index in [1.807, 2.05) is 10.7 Å². The van der Waals surface area contributed by atoms with Gasteiger partial charge in [0, 0.05) is 22.8 Å². The zero-order valence-electron chi connectivity index (χ0n) is 9.88. The number of rotatable bonds is 4. The highest BCUT2D eigenvalue weighted by atomic mass is 35.5. The van der Waals surface area contributed by atoms with Crippen molar-refractivity contribution in [3.8, 4) is 11.4 Å². The fourth-order valence-corrected chi connectivity index (χ4v) is 2.18. The molecule has 0 unspecified atom stereocenters. The highest BCUT2D eigenvalue weighted by molar-refractivity contribution is 6.31. The Morgan fingerprint density at radius 3 is 2.94 bits per heavy atom. The summed E-state index contributed by atoms with van der Waals surface area (Å²) < 4.78 is 1.82. The number of nitrogens with zero attached hydrogens (tertiary/aromatic N) is 4. The molecule has 1 aliphatic rings. The summed E-state index contributed by atoms with van der Waals surface area (Å²) in [5.74, 6) is 1.56. The molecule has 5 nitrogen and oxygen atoms in total. The molecule has 0 radical (unpaired) electrons. The van der Waals surface area contributed by atoms with Gasteiger partial charge in [-0.1, -0.05) is 24.4 Å². The van der Waals surface area contributed by atoms with Gasteiger partial charge in [0.1, 0.15) is 0 Å². The van der Waals surface area contributed by atoms with Crippen LogP contribution in [0.25, 0.3) is 11.4 Å². The lowest BCUT2D eigenvalue weighted by Gasteiger charge is -2.06. The van der Waals surface area contributed by atoms with Crippen molar-refractivity contribution < 1.29 is 0 Å². The molecule has 0 amide bonds. The van der Waals surface area contributed by atoms with Crippen molar-refractivity contribution in [1.82, 2.24) is 20.2 Å². The summed E-state index contributed by atoms with van der Waals surface area (Å²) in [6, 6.07) is 5.38. The van der Waals surface area contributed by atoms with Crippen molar-refractivity contribution >= 4 is 17.3 Å². The molecule has 0 saturated heterocycles. The van der Waals surface area contributed by atoms with Crippen LogP contribution in [0.4, 0.5) is 5.69 Å². The van der Waals surface area contributed by atoms with Gasteiger partial charge in [0.25, 0.3) is 0 Å². The first kappa shape index (κ1) is 11.5. The second-order valence-electron chi connectivity index (χ2n) is 4.69. The number of benzene rings is 1. The number of hydrogen-bond acceptors (Lipinski definition) is 4. The van der Waals surface area contributed by atoms with Crippen LogP contribution in [0.3, 0.4) is 0 Å². The van der Waals surface area contributed by atoms with E-state index in [-0.39, 0.29) is 0 Å². The summed E-state index contributed by atoms with van der Waals surface area (Å²) in [7, 11) is 0. The average molecular weight is 264 g/mol. The summed E-state index contributed by atoms with van der Waals surface area (Å²) in [6.45, 7) is 0.842. The molecule has 0 atom stereocenters. The number of aryl methyl sites for hydroxylation is 1. The molecule has 0 aliphatic heterocycles. The third kappa shape index (κ3) is 2.31. The summed E-state index contributed by atoms with van der Waals surface area (Å²) >= 11 is 5.89. The molecule has 1 aromatic heterocycles. The fraction of sp³-hybridized carbons (Fsp3) is 0.417. The predicted molar refractivity (Wildman–Crippen MR) is 70.0 cm³/mol. The third-order valence-corrected chi connectivity index (χ3v) is 3.47. The topological polar surface area (TPSA) is 69.6 Å². The van der Waals surface area contributed by atoms with Gasteiger partial charge in [0.05, 0.1) is 0 Å². The van der Waals surface area contributed by atoms with Crippen molar-refractivity contribution in [2.24, 2.45) is 5.92 Å². The van der Waals surface area contributed by atoms with Crippen molar-refractivity contribution in [3.05, 3.63) is 23.2 Å². The number of halogens is 1. The molecule has 0 bridgehead atoms. The lowest BCUT2D eigenvalue weighted by atomic mass is 10.1. The van der Waals surface area contributed by atoms with Gasteiger partial charge >= 0.3 is 0 Å². The molecule has 6 heteroatoms. The Labute approximate surface area is 110 Å². The molecule has 2 aromatic rings. The average Bonchev–Trinajstić information content (AvgIpc) is 3.06. The first-order chi connectivity index (χ1) is 8.74. The standard InChI is InChI=1S/C12H14ClN5/c13-9-3-4-10(11(14)7-9)12-15-16-17-18(12)6-5-8-1-2-8/h3-4,7-8H,1-2,5-6,14H2. The molecule has 3 rings (SSSR count). The first-order valence-electron chi connectivity index (χ1n) is 6.05. The minimum Gasteiger partial charge on any atom is -0.398 e. The van der Waals surface area contributed by atoms with Crippen LogP contribution in [0.2, 0.25) is 5.02 Å². The summed E-state index contributed by atoms with van der Waals surface area (Å²) in [5.41, 5.74) is 7.39. The quantitative estimate of drug-likeness (QED) is 0.860. The fourth-order valence-electron chi connectivity index (χ4n) is 2.00. The number of aromatic nitrogens is 4. The Balaban J connectivity index is 1.88. The van der Waals surface area contributed by atoms with E-state index in [1.165, 1.54) is 12.8 Å². The summed E-state index contributed by atoms with van der Waals surface area (Å²) in [4.78, 5) is 0. The summed E-state index contributed by atoms with van der Waals surface area (Å²) in [6.07, 6.45) is 3.80. The molecule has 94 valence electrons. The van der Waals surface area contributed by atoms with Gasteiger partial charge in [-0.15, -0.1) is 5.10 Å². The molecule has 2 N–H and O–H groups in total. The number of tetrazole rings is 1. The van der Waals surface area contributed by atoms with E-state index in [4.69, 9.17) is 17.3 Å². The van der Waals surface area contributed by atoms with E-state index < -0.39 is 0 Å². The van der Waals surface area contributed by atoms with Crippen molar-refractivity contribution in [2.45, 2.75) is 25.8 Å². The molecule has 1 aromatic carbocycles. The monoisotopic (exact) mass is 263 g/mol. The van der Waals surface area contributed by atoms with Gasteiger partial charge in [0.2, 0.25) is 0 Å². The van der Waals surface area contributed by atoms with Crippen LogP contribution in [-0.2, 0) is 6.54 Å². The Morgan fingerprint density at radius 2 is 2.22 bits per heavy atom. The molecular formula is C12H14ClN5. The minimum atomic E-state index is 0.602. The first-order valence-corrected chi connectivity index (χ1v) is 6.43. The van der Waals surface area contributed by atoms with E-state index in [2.05, 4.69) is 15.5 Å². The zero-order chi connectivity index (χ0) is 12.5. The maximum atomic E-state index is 5.96. The third-order valence-electron chi connectivity index (χ3n) is 3.23. The Morgan fingerprint density at radius 1 is 1.39 bits per heavy atom. The maximum Gasteiger partial charge on any atom is 0.184 e. The largest absolute Gasteiger partial charge is 0.398 e. The van der Waals surface area contributed by atoms with Crippen LogP contribution >= 0.6 is 11.6 Å². The molecule has 1 heterocycles. The van der Waals surface area contributed by atoms with Gasteiger partial charge in [0.15, 0.2) is 5.82 Å². The van der Waals surface area contributed by atoms with E-state index in [1.54, 1.807) is 12.1 Å². The molecule has 1 fully saturated rings. The summed E-state index contributed by atoms with van der Waals surface area (Å²) in [5, 5.41) is 12.4. The van der Waals surface area contributed by atoms with Crippen molar-refractivity contribution in [2.75, 3.05) is 5.73 Å². The smallest absolute Gasteiger partial charge is 0.184 e. The number of hydrogen-bond donors (Lipinski definition) is 1. The minimum absolute atomic E-state index is 0.602. The van der Waals surface area contributed by atoms with E-state index in [0.717, 1.165) is 24.4 Å². The highest BCUT2D eigenvalue weighted by Crippen LogP contribution is 2.33. The van der Waals surface area contributed by atoms with Gasteiger partial charge in [-0.05, 0) is 41.0 Å². The second-order valence-corrected chi connectivity index (χ2v) is 5.13.